The van der Waals surface area contributed by atoms with Crippen molar-refractivity contribution in [1.29, 1.82) is 0 Å². The van der Waals surface area contributed by atoms with E-state index < -0.39 is 11.7 Å². The molecule has 0 bridgehead atoms. The van der Waals surface area contributed by atoms with E-state index in [0.717, 1.165) is 17.8 Å². The van der Waals surface area contributed by atoms with E-state index in [2.05, 4.69) is 15.5 Å². The first-order chi connectivity index (χ1) is 9.99. The standard InChI is InChI=1S/C14H12F3N3O/c1-21-12-4-2-3-10(7-12)8-19-20-13-6-5-11(9-18-13)14(15,16)17/h2-9H,1H3,(H,18,20)/b19-8-. The van der Waals surface area contributed by atoms with Crippen molar-refractivity contribution in [2.75, 3.05) is 12.5 Å². The Morgan fingerprint density at radius 2 is 2.05 bits per heavy atom. The molecule has 2 rings (SSSR count). The molecule has 110 valence electrons. The monoisotopic (exact) mass is 295 g/mol. The molecule has 1 N–H and O–H groups in total. The molecule has 1 aromatic carbocycles. The van der Waals surface area contributed by atoms with Crippen molar-refractivity contribution in [2.24, 2.45) is 5.10 Å². The fourth-order valence-corrected chi connectivity index (χ4v) is 1.52. The van der Waals surface area contributed by atoms with Crippen molar-refractivity contribution < 1.29 is 17.9 Å². The van der Waals surface area contributed by atoms with Crippen LogP contribution in [0, 0.1) is 0 Å². The zero-order chi connectivity index (χ0) is 15.3. The molecule has 0 saturated carbocycles. The molecule has 0 amide bonds. The summed E-state index contributed by atoms with van der Waals surface area (Å²) in [4.78, 5) is 3.64. The molecule has 0 spiro atoms. The number of rotatable bonds is 4. The maximum atomic E-state index is 12.4. The average Bonchev–Trinajstić information content (AvgIpc) is 2.47. The van der Waals surface area contributed by atoms with Crippen LogP contribution in [0.2, 0.25) is 0 Å². The number of halogens is 3. The number of anilines is 1. The molecule has 7 heteroatoms. The van der Waals surface area contributed by atoms with Gasteiger partial charge in [-0.05, 0) is 29.8 Å². The Morgan fingerprint density at radius 1 is 1.24 bits per heavy atom. The maximum Gasteiger partial charge on any atom is 0.417 e. The first kappa shape index (κ1) is 14.8. The van der Waals surface area contributed by atoms with E-state index in [1.807, 2.05) is 6.07 Å². The fourth-order valence-electron chi connectivity index (χ4n) is 1.52. The van der Waals surface area contributed by atoms with Crippen LogP contribution in [0.15, 0.2) is 47.7 Å². The summed E-state index contributed by atoms with van der Waals surface area (Å²) in [5, 5.41) is 3.90. The number of hydrazone groups is 1. The number of hydrogen-bond donors (Lipinski definition) is 1. The highest BCUT2D eigenvalue weighted by molar-refractivity contribution is 5.80. The summed E-state index contributed by atoms with van der Waals surface area (Å²) in [6, 6.07) is 9.33. The fraction of sp³-hybridized carbons (Fsp3) is 0.143. The Labute approximate surface area is 119 Å². The van der Waals surface area contributed by atoms with E-state index in [0.29, 0.717) is 5.75 Å². The van der Waals surface area contributed by atoms with E-state index in [1.54, 1.807) is 25.3 Å². The number of hydrogen-bond acceptors (Lipinski definition) is 4. The lowest BCUT2D eigenvalue weighted by Gasteiger charge is -2.06. The second-order valence-corrected chi connectivity index (χ2v) is 4.08. The number of aromatic nitrogens is 1. The van der Waals surface area contributed by atoms with Crippen LogP contribution in [-0.4, -0.2) is 18.3 Å². The quantitative estimate of drug-likeness (QED) is 0.693. The molecule has 0 saturated heterocycles. The van der Waals surface area contributed by atoms with E-state index in [1.165, 1.54) is 12.3 Å². The van der Waals surface area contributed by atoms with Gasteiger partial charge in [-0.25, -0.2) is 4.98 Å². The first-order valence-corrected chi connectivity index (χ1v) is 5.95. The molecule has 0 radical (unpaired) electrons. The minimum Gasteiger partial charge on any atom is -0.497 e. The Bertz CT molecular complexity index is 624. The summed E-state index contributed by atoms with van der Waals surface area (Å²) >= 11 is 0. The Kier molecular flexibility index (Phi) is 4.42. The van der Waals surface area contributed by atoms with Gasteiger partial charge in [0, 0.05) is 6.20 Å². The molecule has 1 aromatic heterocycles. The molecule has 2 aromatic rings. The topological polar surface area (TPSA) is 46.5 Å². The van der Waals surface area contributed by atoms with Crippen LogP contribution in [0.3, 0.4) is 0 Å². The van der Waals surface area contributed by atoms with E-state index >= 15 is 0 Å². The lowest BCUT2D eigenvalue weighted by Crippen LogP contribution is -2.05. The Morgan fingerprint density at radius 3 is 2.67 bits per heavy atom. The summed E-state index contributed by atoms with van der Waals surface area (Å²) in [5.74, 6) is 0.911. The predicted octanol–water partition coefficient (Wildman–Crippen LogP) is 3.56. The van der Waals surface area contributed by atoms with E-state index in [4.69, 9.17) is 4.74 Å². The number of methoxy groups -OCH3 is 1. The molecule has 21 heavy (non-hydrogen) atoms. The smallest absolute Gasteiger partial charge is 0.417 e. The Hall–Kier alpha value is -2.57. The SMILES string of the molecule is COc1cccc(/C=N\Nc2ccc(C(F)(F)F)cn2)c1. The summed E-state index contributed by atoms with van der Waals surface area (Å²) in [7, 11) is 1.56. The van der Waals surface area contributed by atoms with Gasteiger partial charge in [0.25, 0.3) is 0 Å². The molecule has 0 aliphatic heterocycles. The van der Waals surface area contributed by atoms with Crippen LogP contribution in [0.4, 0.5) is 19.0 Å². The third kappa shape index (κ3) is 4.20. The molecular weight excluding hydrogens is 283 g/mol. The molecule has 0 fully saturated rings. The van der Waals surface area contributed by atoms with Crippen molar-refractivity contribution in [2.45, 2.75) is 6.18 Å². The van der Waals surface area contributed by atoms with Gasteiger partial charge in [-0.3, -0.25) is 5.43 Å². The minimum absolute atomic E-state index is 0.224. The Balaban J connectivity index is 2.00. The van der Waals surface area contributed by atoms with Crippen molar-refractivity contribution in [3.05, 3.63) is 53.7 Å². The molecule has 0 atom stereocenters. The summed E-state index contributed by atoms with van der Waals surface area (Å²) < 4.78 is 42.2. The number of benzene rings is 1. The van der Waals surface area contributed by atoms with Gasteiger partial charge in [0.15, 0.2) is 0 Å². The van der Waals surface area contributed by atoms with Crippen LogP contribution >= 0.6 is 0 Å². The van der Waals surface area contributed by atoms with Crippen molar-refractivity contribution in [3.63, 3.8) is 0 Å². The second kappa shape index (κ2) is 6.25. The largest absolute Gasteiger partial charge is 0.497 e. The average molecular weight is 295 g/mol. The van der Waals surface area contributed by atoms with Gasteiger partial charge in [-0.1, -0.05) is 12.1 Å². The number of pyridine rings is 1. The number of nitrogens with one attached hydrogen (secondary N) is 1. The van der Waals surface area contributed by atoms with Crippen LogP contribution in [-0.2, 0) is 6.18 Å². The second-order valence-electron chi connectivity index (χ2n) is 4.08. The highest BCUT2D eigenvalue weighted by Gasteiger charge is 2.30. The number of alkyl halides is 3. The summed E-state index contributed by atoms with van der Waals surface area (Å²) in [5.41, 5.74) is 2.54. The van der Waals surface area contributed by atoms with Crippen LogP contribution in [0.25, 0.3) is 0 Å². The van der Waals surface area contributed by atoms with Gasteiger partial charge in [-0.15, -0.1) is 0 Å². The van der Waals surface area contributed by atoms with Crippen LogP contribution in [0.1, 0.15) is 11.1 Å². The molecular formula is C14H12F3N3O. The normalized spacial score (nSPS) is 11.6. The van der Waals surface area contributed by atoms with Crippen molar-refractivity contribution in [3.8, 4) is 5.75 Å². The molecule has 0 aliphatic carbocycles. The maximum absolute atomic E-state index is 12.4. The lowest BCUT2D eigenvalue weighted by molar-refractivity contribution is -0.137. The van der Waals surface area contributed by atoms with Gasteiger partial charge >= 0.3 is 6.18 Å². The zero-order valence-electron chi connectivity index (χ0n) is 11.1. The van der Waals surface area contributed by atoms with Crippen LogP contribution < -0.4 is 10.2 Å². The first-order valence-electron chi connectivity index (χ1n) is 5.95. The third-order valence-corrected chi connectivity index (χ3v) is 2.58. The predicted molar refractivity (Wildman–Crippen MR) is 73.4 cm³/mol. The zero-order valence-corrected chi connectivity index (χ0v) is 11.1. The number of nitrogens with zero attached hydrogens (tertiary/aromatic N) is 2. The highest BCUT2D eigenvalue weighted by atomic mass is 19.4. The van der Waals surface area contributed by atoms with Gasteiger partial charge in [-0.2, -0.15) is 18.3 Å². The van der Waals surface area contributed by atoms with Crippen molar-refractivity contribution in [1.82, 2.24) is 4.98 Å². The van der Waals surface area contributed by atoms with Gasteiger partial charge in [0.1, 0.15) is 11.6 Å². The molecule has 4 nitrogen and oxygen atoms in total. The van der Waals surface area contributed by atoms with Gasteiger partial charge < -0.3 is 4.74 Å². The molecule has 0 unspecified atom stereocenters. The molecule has 0 aliphatic rings. The van der Waals surface area contributed by atoms with E-state index in [-0.39, 0.29) is 5.82 Å². The van der Waals surface area contributed by atoms with Crippen LogP contribution in [0.5, 0.6) is 5.75 Å². The lowest BCUT2D eigenvalue weighted by atomic mass is 10.2. The van der Waals surface area contributed by atoms with E-state index in [9.17, 15) is 13.2 Å². The van der Waals surface area contributed by atoms with Crippen molar-refractivity contribution >= 4 is 12.0 Å². The summed E-state index contributed by atoms with van der Waals surface area (Å²) in [6.07, 6.45) is -2.12. The third-order valence-electron chi connectivity index (χ3n) is 2.58. The highest BCUT2D eigenvalue weighted by Crippen LogP contribution is 2.28. The van der Waals surface area contributed by atoms with Gasteiger partial charge in [0.05, 0.1) is 18.9 Å². The molecule has 1 heterocycles. The minimum atomic E-state index is -4.39. The summed E-state index contributed by atoms with van der Waals surface area (Å²) in [6.45, 7) is 0. The number of ether oxygens (including phenoxy) is 1. The van der Waals surface area contributed by atoms with Gasteiger partial charge in [0.2, 0.25) is 0 Å².